The van der Waals surface area contributed by atoms with Crippen LogP contribution in [0.15, 0.2) is 22.7 Å². The number of hydrogen-bond donors (Lipinski definition) is 1. The van der Waals surface area contributed by atoms with Gasteiger partial charge in [0.1, 0.15) is 0 Å². The maximum Gasteiger partial charge on any atom is 0.252 e. The maximum absolute atomic E-state index is 12.0. The Hall–Kier alpha value is -0.830. The summed E-state index contributed by atoms with van der Waals surface area (Å²) >= 11 is 3.45. The predicted octanol–water partition coefficient (Wildman–Crippen LogP) is 3.68. The van der Waals surface area contributed by atoms with Crippen LogP contribution in [0.2, 0.25) is 0 Å². The summed E-state index contributed by atoms with van der Waals surface area (Å²) < 4.78 is 0.887. The molecule has 3 heteroatoms. The van der Waals surface area contributed by atoms with Gasteiger partial charge in [0.2, 0.25) is 0 Å². The van der Waals surface area contributed by atoms with Gasteiger partial charge >= 0.3 is 0 Å². The third-order valence-corrected chi connectivity index (χ3v) is 3.81. The van der Waals surface area contributed by atoms with E-state index in [1.165, 1.54) is 0 Å². The van der Waals surface area contributed by atoms with Crippen LogP contribution in [0.1, 0.15) is 42.6 Å². The molecule has 0 saturated heterocycles. The number of amides is 1. The van der Waals surface area contributed by atoms with Crippen LogP contribution in [0.4, 0.5) is 0 Å². The lowest BCUT2D eigenvalue weighted by Gasteiger charge is -2.15. The van der Waals surface area contributed by atoms with E-state index >= 15 is 0 Å². The van der Waals surface area contributed by atoms with Gasteiger partial charge in [0.15, 0.2) is 0 Å². The molecule has 16 heavy (non-hydrogen) atoms. The fourth-order valence-electron chi connectivity index (χ4n) is 1.58. The third-order valence-electron chi connectivity index (χ3n) is 2.76. The molecule has 1 aromatic carbocycles. The molecule has 0 aliphatic carbocycles. The molecule has 0 atom stereocenters. The van der Waals surface area contributed by atoms with Gasteiger partial charge in [-0.05, 0) is 47.3 Å². The molecule has 1 rings (SSSR count). The smallest absolute Gasteiger partial charge is 0.252 e. The molecule has 1 aromatic rings. The first kappa shape index (κ1) is 13.2. The van der Waals surface area contributed by atoms with E-state index in [-0.39, 0.29) is 11.9 Å². The molecule has 0 saturated carbocycles. The molecule has 0 radical (unpaired) electrons. The van der Waals surface area contributed by atoms with Gasteiger partial charge in [-0.3, -0.25) is 4.79 Å². The Morgan fingerprint density at radius 2 is 2.00 bits per heavy atom. The van der Waals surface area contributed by atoms with Crippen molar-refractivity contribution in [3.05, 3.63) is 33.8 Å². The van der Waals surface area contributed by atoms with Crippen molar-refractivity contribution in [3.8, 4) is 0 Å². The van der Waals surface area contributed by atoms with Gasteiger partial charge in [-0.25, -0.2) is 0 Å². The number of benzene rings is 1. The number of halogens is 1. The summed E-state index contributed by atoms with van der Waals surface area (Å²) in [4.78, 5) is 12.0. The van der Waals surface area contributed by atoms with Gasteiger partial charge in [-0.1, -0.05) is 26.0 Å². The topological polar surface area (TPSA) is 29.1 Å². The SMILES string of the molecule is CCC(CC)NC(=O)c1cccc(C)c1Br. The lowest BCUT2D eigenvalue weighted by Crippen LogP contribution is -2.34. The quantitative estimate of drug-likeness (QED) is 0.898. The Labute approximate surface area is 106 Å². The number of aryl methyl sites for hydroxylation is 1. The van der Waals surface area contributed by atoms with Crippen LogP contribution in [0.25, 0.3) is 0 Å². The van der Waals surface area contributed by atoms with Gasteiger partial charge in [-0.15, -0.1) is 0 Å². The largest absolute Gasteiger partial charge is 0.349 e. The highest BCUT2D eigenvalue weighted by Crippen LogP contribution is 2.21. The van der Waals surface area contributed by atoms with E-state index in [0.717, 1.165) is 22.9 Å². The van der Waals surface area contributed by atoms with Gasteiger partial charge in [0.05, 0.1) is 5.56 Å². The third kappa shape index (κ3) is 3.08. The van der Waals surface area contributed by atoms with E-state index in [1.54, 1.807) is 0 Å². The molecule has 0 heterocycles. The Kier molecular flexibility index (Phi) is 5.00. The standard InChI is InChI=1S/C13H18BrNO/c1-4-10(5-2)15-13(16)11-8-6-7-9(3)12(11)14/h6-8,10H,4-5H2,1-3H3,(H,15,16). The Balaban J connectivity index is 2.84. The van der Waals surface area contributed by atoms with Crippen LogP contribution in [0, 0.1) is 6.92 Å². The Morgan fingerprint density at radius 1 is 1.38 bits per heavy atom. The first-order valence-corrected chi connectivity index (χ1v) is 6.45. The molecule has 0 bridgehead atoms. The van der Waals surface area contributed by atoms with Crippen molar-refractivity contribution in [2.24, 2.45) is 0 Å². The van der Waals surface area contributed by atoms with Crippen molar-refractivity contribution >= 4 is 21.8 Å². The van der Waals surface area contributed by atoms with Crippen LogP contribution in [-0.2, 0) is 0 Å². The first-order valence-electron chi connectivity index (χ1n) is 5.66. The minimum atomic E-state index is 0.00396. The van der Waals surface area contributed by atoms with Crippen molar-refractivity contribution in [1.82, 2.24) is 5.32 Å². The molecule has 0 fully saturated rings. The highest BCUT2D eigenvalue weighted by atomic mass is 79.9. The van der Waals surface area contributed by atoms with Crippen LogP contribution in [-0.4, -0.2) is 11.9 Å². The lowest BCUT2D eigenvalue weighted by atomic mass is 10.1. The second-order valence-corrected chi connectivity index (χ2v) is 4.72. The highest BCUT2D eigenvalue weighted by Gasteiger charge is 2.13. The minimum Gasteiger partial charge on any atom is -0.349 e. The van der Waals surface area contributed by atoms with E-state index < -0.39 is 0 Å². The van der Waals surface area contributed by atoms with Crippen LogP contribution in [0.3, 0.4) is 0 Å². The van der Waals surface area contributed by atoms with Gasteiger partial charge < -0.3 is 5.32 Å². The number of rotatable bonds is 4. The molecule has 0 aliphatic rings. The maximum atomic E-state index is 12.0. The Morgan fingerprint density at radius 3 is 2.56 bits per heavy atom. The minimum absolute atomic E-state index is 0.00396. The molecule has 0 aromatic heterocycles. The summed E-state index contributed by atoms with van der Waals surface area (Å²) in [6.45, 7) is 6.15. The Bertz CT molecular complexity index is 372. The summed E-state index contributed by atoms with van der Waals surface area (Å²) in [5.41, 5.74) is 1.80. The monoisotopic (exact) mass is 283 g/mol. The van der Waals surface area contributed by atoms with Crippen molar-refractivity contribution in [3.63, 3.8) is 0 Å². The molecular formula is C13H18BrNO. The van der Waals surface area contributed by atoms with Crippen molar-refractivity contribution in [2.75, 3.05) is 0 Å². The average molecular weight is 284 g/mol. The number of nitrogens with one attached hydrogen (secondary N) is 1. The zero-order valence-electron chi connectivity index (χ0n) is 10.0. The molecule has 0 spiro atoms. The summed E-state index contributed by atoms with van der Waals surface area (Å²) in [6, 6.07) is 5.99. The molecular weight excluding hydrogens is 266 g/mol. The summed E-state index contributed by atoms with van der Waals surface area (Å²) in [5, 5.41) is 3.03. The van der Waals surface area contributed by atoms with Gasteiger partial charge in [0.25, 0.3) is 5.91 Å². The van der Waals surface area contributed by atoms with Crippen LogP contribution < -0.4 is 5.32 Å². The number of carbonyl (C=O) groups excluding carboxylic acids is 1. The number of hydrogen-bond acceptors (Lipinski definition) is 1. The highest BCUT2D eigenvalue weighted by molar-refractivity contribution is 9.10. The fraction of sp³-hybridized carbons (Fsp3) is 0.462. The van der Waals surface area contributed by atoms with Crippen molar-refractivity contribution in [1.29, 1.82) is 0 Å². The van der Waals surface area contributed by atoms with E-state index in [2.05, 4.69) is 35.1 Å². The summed E-state index contributed by atoms with van der Waals surface area (Å²) in [5.74, 6) is 0.00396. The predicted molar refractivity (Wildman–Crippen MR) is 70.7 cm³/mol. The van der Waals surface area contributed by atoms with Crippen molar-refractivity contribution < 1.29 is 4.79 Å². The second kappa shape index (κ2) is 6.04. The normalized spacial score (nSPS) is 10.6. The number of carbonyl (C=O) groups is 1. The zero-order valence-corrected chi connectivity index (χ0v) is 11.6. The zero-order chi connectivity index (χ0) is 12.1. The molecule has 0 unspecified atom stereocenters. The first-order chi connectivity index (χ1) is 7.60. The summed E-state index contributed by atoms with van der Waals surface area (Å²) in [7, 11) is 0. The van der Waals surface area contributed by atoms with Gasteiger partial charge in [-0.2, -0.15) is 0 Å². The van der Waals surface area contributed by atoms with E-state index in [0.29, 0.717) is 5.56 Å². The van der Waals surface area contributed by atoms with E-state index in [9.17, 15) is 4.79 Å². The van der Waals surface area contributed by atoms with Crippen molar-refractivity contribution in [2.45, 2.75) is 39.7 Å². The van der Waals surface area contributed by atoms with Crippen LogP contribution in [0.5, 0.6) is 0 Å². The second-order valence-electron chi connectivity index (χ2n) is 3.92. The molecule has 2 nitrogen and oxygen atoms in total. The summed E-state index contributed by atoms with van der Waals surface area (Å²) in [6.07, 6.45) is 1.93. The molecule has 1 amide bonds. The fourth-order valence-corrected chi connectivity index (χ4v) is 2.02. The van der Waals surface area contributed by atoms with E-state index in [4.69, 9.17) is 0 Å². The molecule has 88 valence electrons. The molecule has 1 N–H and O–H groups in total. The van der Waals surface area contributed by atoms with Gasteiger partial charge in [0, 0.05) is 10.5 Å². The molecule has 0 aliphatic heterocycles. The lowest BCUT2D eigenvalue weighted by molar-refractivity contribution is 0.0934. The van der Waals surface area contributed by atoms with Crippen LogP contribution >= 0.6 is 15.9 Å². The van der Waals surface area contributed by atoms with E-state index in [1.807, 2.05) is 25.1 Å². The average Bonchev–Trinajstić information content (AvgIpc) is 2.29.